The molecule has 5 nitrogen and oxygen atoms in total. The van der Waals surface area contributed by atoms with Gasteiger partial charge in [-0.2, -0.15) is 0 Å². The van der Waals surface area contributed by atoms with Gasteiger partial charge in [-0.1, -0.05) is 29.9 Å². The van der Waals surface area contributed by atoms with Crippen LogP contribution in [0.2, 0.25) is 0 Å². The van der Waals surface area contributed by atoms with Gasteiger partial charge in [0.1, 0.15) is 13.2 Å². The molecular formula is C22H28N2O3. The number of rotatable bonds is 9. The zero-order valence-corrected chi connectivity index (χ0v) is 16.3. The molecule has 0 radical (unpaired) electrons. The second-order valence-electron chi connectivity index (χ2n) is 6.70. The number of pyridine rings is 1. The summed E-state index contributed by atoms with van der Waals surface area (Å²) in [6, 6.07) is 5.30. The first-order valence-electron chi connectivity index (χ1n) is 9.03. The lowest BCUT2D eigenvalue weighted by Crippen LogP contribution is -2.14. The van der Waals surface area contributed by atoms with Crippen LogP contribution in [-0.4, -0.2) is 18.2 Å². The number of aromatic amines is 1. The zero-order valence-electron chi connectivity index (χ0n) is 16.3. The van der Waals surface area contributed by atoms with Gasteiger partial charge >= 0.3 is 0 Å². The SMILES string of the molecule is C=CCOc1c(OCC=C(C)CCC=C(C)C)c2ccc(N)cc2[nH]c1=O. The molecule has 0 amide bonds. The molecule has 27 heavy (non-hydrogen) atoms. The summed E-state index contributed by atoms with van der Waals surface area (Å²) in [5.41, 5.74) is 9.21. The van der Waals surface area contributed by atoms with E-state index in [4.69, 9.17) is 15.2 Å². The summed E-state index contributed by atoms with van der Waals surface area (Å²) in [7, 11) is 0. The fourth-order valence-electron chi connectivity index (χ4n) is 2.64. The maximum Gasteiger partial charge on any atom is 0.294 e. The van der Waals surface area contributed by atoms with Gasteiger partial charge in [0.25, 0.3) is 5.56 Å². The molecule has 2 aromatic rings. The Labute approximate surface area is 160 Å². The zero-order chi connectivity index (χ0) is 19.8. The fourth-order valence-corrected chi connectivity index (χ4v) is 2.64. The topological polar surface area (TPSA) is 77.3 Å². The van der Waals surface area contributed by atoms with Crippen molar-refractivity contribution in [2.24, 2.45) is 0 Å². The van der Waals surface area contributed by atoms with Crippen LogP contribution in [0, 0.1) is 0 Å². The number of nitrogens with one attached hydrogen (secondary N) is 1. The molecule has 0 saturated heterocycles. The molecule has 0 aliphatic heterocycles. The van der Waals surface area contributed by atoms with E-state index in [9.17, 15) is 4.79 Å². The maximum absolute atomic E-state index is 12.4. The van der Waals surface area contributed by atoms with Crippen molar-refractivity contribution in [2.75, 3.05) is 18.9 Å². The van der Waals surface area contributed by atoms with E-state index >= 15 is 0 Å². The second-order valence-corrected chi connectivity index (χ2v) is 6.70. The third kappa shape index (κ3) is 5.78. The number of ether oxygens (including phenoxy) is 2. The van der Waals surface area contributed by atoms with Crippen LogP contribution in [0.4, 0.5) is 5.69 Å². The average Bonchev–Trinajstić information content (AvgIpc) is 2.60. The molecule has 3 N–H and O–H groups in total. The summed E-state index contributed by atoms with van der Waals surface area (Å²) in [4.78, 5) is 15.2. The van der Waals surface area contributed by atoms with Crippen LogP contribution >= 0.6 is 0 Å². The molecule has 1 aromatic carbocycles. The lowest BCUT2D eigenvalue weighted by Gasteiger charge is -2.13. The molecule has 0 atom stereocenters. The molecule has 2 rings (SSSR count). The van der Waals surface area contributed by atoms with Crippen LogP contribution in [0.5, 0.6) is 11.5 Å². The molecule has 1 heterocycles. The summed E-state index contributed by atoms with van der Waals surface area (Å²) >= 11 is 0. The van der Waals surface area contributed by atoms with Crippen molar-refractivity contribution in [1.82, 2.24) is 4.98 Å². The Bertz CT molecular complexity index is 919. The highest BCUT2D eigenvalue weighted by Crippen LogP contribution is 2.32. The van der Waals surface area contributed by atoms with Crippen LogP contribution in [0.15, 0.2) is 58.9 Å². The number of nitrogens with two attached hydrogens (primary N) is 1. The number of H-pyrrole nitrogens is 1. The third-order valence-electron chi connectivity index (χ3n) is 4.05. The minimum atomic E-state index is -0.353. The van der Waals surface area contributed by atoms with Crippen molar-refractivity contribution in [3.63, 3.8) is 0 Å². The smallest absolute Gasteiger partial charge is 0.294 e. The highest BCUT2D eigenvalue weighted by atomic mass is 16.5. The standard InChI is InChI=1S/C22H28N2O3/c1-5-12-26-21-20(27-13-11-16(4)8-6-7-15(2)3)18-10-9-17(23)14-19(18)24-22(21)25/h5,7,9-11,14H,1,6,8,12-13,23H2,2-4H3,(H,24,25). The molecule has 5 heteroatoms. The van der Waals surface area contributed by atoms with E-state index in [-0.39, 0.29) is 17.9 Å². The van der Waals surface area contributed by atoms with Gasteiger partial charge in [0.2, 0.25) is 5.75 Å². The van der Waals surface area contributed by atoms with E-state index in [2.05, 4.69) is 38.4 Å². The van der Waals surface area contributed by atoms with E-state index in [0.717, 1.165) is 18.2 Å². The Morgan fingerprint density at radius 1 is 1.15 bits per heavy atom. The molecule has 0 aliphatic rings. The number of aromatic nitrogens is 1. The first-order valence-corrected chi connectivity index (χ1v) is 9.03. The Balaban J connectivity index is 2.27. The number of nitrogen functional groups attached to an aromatic ring is 1. The lowest BCUT2D eigenvalue weighted by atomic mass is 10.1. The van der Waals surface area contributed by atoms with E-state index in [1.54, 1.807) is 18.2 Å². The predicted molar refractivity (Wildman–Crippen MR) is 113 cm³/mol. The number of hydrogen-bond donors (Lipinski definition) is 2. The fraction of sp³-hybridized carbons (Fsp3) is 0.318. The number of fused-ring (bicyclic) bond motifs is 1. The van der Waals surface area contributed by atoms with Gasteiger partial charge in [0.15, 0.2) is 5.75 Å². The Morgan fingerprint density at radius 3 is 2.59 bits per heavy atom. The average molecular weight is 368 g/mol. The van der Waals surface area contributed by atoms with Crippen molar-refractivity contribution >= 4 is 16.6 Å². The Morgan fingerprint density at radius 2 is 1.89 bits per heavy atom. The molecule has 0 spiro atoms. The van der Waals surface area contributed by atoms with Gasteiger partial charge in [-0.15, -0.1) is 0 Å². The van der Waals surface area contributed by atoms with Crippen molar-refractivity contribution in [2.45, 2.75) is 33.6 Å². The summed E-state index contributed by atoms with van der Waals surface area (Å²) < 4.78 is 11.5. The van der Waals surface area contributed by atoms with E-state index < -0.39 is 0 Å². The van der Waals surface area contributed by atoms with Gasteiger partial charge in [-0.3, -0.25) is 4.79 Å². The number of hydrogen-bond acceptors (Lipinski definition) is 4. The van der Waals surface area contributed by atoms with Crippen LogP contribution in [-0.2, 0) is 0 Å². The second kappa shape index (κ2) is 9.67. The highest BCUT2D eigenvalue weighted by molar-refractivity contribution is 5.89. The molecule has 0 unspecified atom stereocenters. The summed E-state index contributed by atoms with van der Waals surface area (Å²) in [6.45, 7) is 10.5. The van der Waals surface area contributed by atoms with E-state index in [1.165, 1.54) is 11.1 Å². The highest BCUT2D eigenvalue weighted by Gasteiger charge is 2.15. The molecule has 0 bridgehead atoms. The summed E-state index contributed by atoms with van der Waals surface area (Å²) in [6.07, 6.45) is 7.81. The Kier molecular flexibility index (Phi) is 7.29. The van der Waals surface area contributed by atoms with Gasteiger partial charge in [-0.05, 0) is 57.9 Å². The Hall–Kier alpha value is -2.95. The molecule has 0 fully saturated rings. The molecule has 0 aliphatic carbocycles. The number of anilines is 1. The van der Waals surface area contributed by atoms with Crippen molar-refractivity contribution in [1.29, 1.82) is 0 Å². The van der Waals surface area contributed by atoms with Crippen LogP contribution in [0.3, 0.4) is 0 Å². The molecule has 144 valence electrons. The number of benzene rings is 1. The third-order valence-corrected chi connectivity index (χ3v) is 4.05. The van der Waals surface area contributed by atoms with Crippen molar-refractivity contribution < 1.29 is 9.47 Å². The van der Waals surface area contributed by atoms with Crippen molar-refractivity contribution in [3.05, 3.63) is 64.5 Å². The largest absolute Gasteiger partial charge is 0.485 e. The maximum atomic E-state index is 12.4. The first kappa shape index (κ1) is 20.4. The van der Waals surface area contributed by atoms with E-state index in [0.29, 0.717) is 23.6 Å². The van der Waals surface area contributed by atoms with E-state index in [1.807, 2.05) is 12.1 Å². The molecule has 0 saturated carbocycles. The minimum absolute atomic E-state index is 0.155. The van der Waals surface area contributed by atoms with Crippen LogP contribution in [0.25, 0.3) is 10.9 Å². The predicted octanol–water partition coefficient (Wildman–Crippen LogP) is 4.75. The normalized spacial score (nSPS) is 11.3. The van der Waals surface area contributed by atoms with Crippen LogP contribution < -0.4 is 20.8 Å². The molecule has 1 aromatic heterocycles. The monoisotopic (exact) mass is 368 g/mol. The minimum Gasteiger partial charge on any atom is -0.485 e. The van der Waals surface area contributed by atoms with Crippen LogP contribution in [0.1, 0.15) is 33.6 Å². The first-order chi connectivity index (χ1) is 12.9. The van der Waals surface area contributed by atoms with Gasteiger partial charge in [0.05, 0.1) is 5.52 Å². The van der Waals surface area contributed by atoms with Gasteiger partial charge in [-0.25, -0.2) is 0 Å². The summed E-state index contributed by atoms with van der Waals surface area (Å²) in [5.74, 6) is 0.576. The summed E-state index contributed by atoms with van der Waals surface area (Å²) in [5, 5.41) is 0.749. The van der Waals surface area contributed by atoms with Gasteiger partial charge in [0, 0.05) is 11.1 Å². The number of allylic oxidation sites excluding steroid dienone is 3. The lowest BCUT2D eigenvalue weighted by molar-refractivity contribution is 0.307. The van der Waals surface area contributed by atoms with Crippen molar-refractivity contribution in [3.8, 4) is 11.5 Å². The van der Waals surface area contributed by atoms with Gasteiger partial charge < -0.3 is 20.2 Å². The molecular weight excluding hydrogens is 340 g/mol. The quantitative estimate of drug-likeness (QED) is 0.495.